The topological polar surface area (TPSA) is 653 Å². The van der Waals surface area contributed by atoms with Crippen LogP contribution in [0.25, 0.3) is 0 Å². The van der Waals surface area contributed by atoms with Gasteiger partial charge in [-0.2, -0.15) is 23.5 Å². The Morgan fingerprint density at radius 3 is 0.845 bits per heavy atom. The number of aliphatic carboxylic acids is 2. The molecule has 0 radical (unpaired) electrons. The molecule has 0 saturated carbocycles. The van der Waals surface area contributed by atoms with Gasteiger partial charge in [-0.05, 0) is 14.0 Å². The number of carboxylic acids is 2. The molecule has 22 N–H and O–H groups in total. The number of Topliss-reactive ketones (excluding diaryl/α,β-unsaturated/α-hetero) is 2. The van der Waals surface area contributed by atoms with E-state index in [0.29, 0.717) is 0 Å². The van der Waals surface area contributed by atoms with Crippen molar-refractivity contribution in [3.8, 4) is 0 Å². The fourth-order valence-corrected chi connectivity index (χ4v) is 15.0. The largest absolute Gasteiger partial charge is 0.481 e. The Morgan fingerprint density at radius 2 is 0.602 bits per heavy atom. The molecule has 0 aliphatic carbocycles. The van der Waals surface area contributed by atoms with Gasteiger partial charge in [0, 0.05) is 42.3 Å². The monoisotopic (exact) mass is 1540 g/mol. The van der Waals surface area contributed by atoms with Gasteiger partial charge in [-0.15, -0.1) is 0 Å². The third-order valence-electron chi connectivity index (χ3n) is 18.6. The zero-order valence-corrected chi connectivity index (χ0v) is 57.2. The van der Waals surface area contributed by atoms with E-state index in [1.807, 2.05) is 0 Å². The molecule has 0 aromatic carbocycles. The van der Waals surface area contributed by atoms with Gasteiger partial charge >= 0.3 is 11.9 Å². The maximum atomic E-state index is 13.0. The van der Waals surface area contributed by atoms with Crippen LogP contribution in [0, 0.1) is 5.92 Å². The van der Waals surface area contributed by atoms with Crippen molar-refractivity contribution < 1.29 is 202 Å². The van der Waals surface area contributed by atoms with E-state index in [-0.39, 0.29) is 62.3 Å². The molecule has 44 heteroatoms. The lowest BCUT2D eigenvalue weighted by Gasteiger charge is -2.50. The molecule has 21 aliphatic rings. The maximum absolute atomic E-state index is 13.0. The van der Waals surface area contributed by atoms with E-state index < -0.39 is 290 Å². The number of aliphatic hydroxyl groups is 19. The first kappa shape index (κ1) is 86.1. The number of carboxylic acid groups (broad SMARTS) is 2. The van der Waals surface area contributed by atoms with Gasteiger partial charge in [-0.3, -0.25) is 19.2 Å². The molecule has 0 amide bonds. The van der Waals surface area contributed by atoms with E-state index in [9.17, 15) is 126 Å². The Labute approximate surface area is 595 Å². The smallest absolute Gasteiger partial charge is 0.321 e. The van der Waals surface area contributed by atoms with Crippen molar-refractivity contribution >= 4 is 47.0 Å². The van der Waals surface area contributed by atoms with Crippen molar-refractivity contribution in [1.82, 2.24) is 5.32 Å². The average Bonchev–Trinajstić information content (AvgIpc) is 0.785. The number of nitrogens with one attached hydrogen (secondary N) is 1. The van der Waals surface area contributed by atoms with Crippen molar-refractivity contribution in [3.63, 3.8) is 0 Å². The minimum atomic E-state index is -2.31. The molecule has 21 saturated heterocycles. The lowest BCUT2D eigenvalue weighted by Crippen LogP contribution is -2.68. The second-order valence-corrected chi connectivity index (χ2v) is 27.9. The molecule has 0 aromatic rings. The molecule has 14 bridgehead atoms. The lowest BCUT2D eigenvalue weighted by molar-refractivity contribution is -0.395. The number of carbonyl (C=O) groups excluding carboxylic acids is 2. The zero-order valence-electron chi connectivity index (χ0n) is 55.5. The van der Waals surface area contributed by atoms with Gasteiger partial charge in [-0.25, -0.2) is 0 Å². The summed E-state index contributed by atoms with van der Waals surface area (Å²) in [7, 11) is 1.35. The molecule has 0 aromatic heterocycles. The molecule has 37 atom stereocenters. The summed E-state index contributed by atoms with van der Waals surface area (Å²) in [6.45, 7) is -3.91. The van der Waals surface area contributed by atoms with Crippen LogP contribution < -0.4 is 5.32 Å². The Hall–Kier alpha value is -2.46. The second kappa shape index (κ2) is 40.0. The van der Waals surface area contributed by atoms with Gasteiger partial charge in [0.05, 0.1) is 77.6 Å². The predicted octanol–water partition coefficient (Wildman–Crippen LogP) is -13.0. The number of rotatable bonds is 27. The highest BCUT2D eigenvalue weighted by atomic mass is 32.2. The molecule has 21 heterocycles. The first-order valence-corrected chi connectivity index (χ1v) is 35.5. The summed E-state index contributed by atoms with van der Waals surface area (Å²) in [5.74, 6) is -6.08. The molecule has 21 rings (SSSR count). The van der Waals surface area contributed by atoms with Crippen LogP contribution in [0.3, 0.4) is 0 Å². The summed E-state index contributed by atoms with van der Waals surface area (Å²) >= 11 is 1.66. The van der Waals surface area contributed by atoms with Gasteiger partial charge in [0.15, 0.2) is 44.0 Å². The van der Waals surface area contributed by atoms with Gasteiger partial charge in [0.25, 0.3) is 0 Å². The lowest BCUT2D eigenvalue weighted by atomic mass is 9.95. The Bertz CT molecular complexity index is 2610. The standard InChI is InChI=1S/C59H97NO41S2/c1-19(66)3-5-86-7-8-87-6-4-21(67)9-20(51(82)83)15-102-17-28-49-35(73)42(80)58(93-28)98-47-26(13-64)89-55(38(76)31(47)69)97-46-25(12-63)92-57(41(79)34(46)72)101-50-29(18-103-16-22(60-2)52(84)85)94-59(43(81)36(50)74)99-48-27(14-65)90-54(39(77)32(48)70)95-44-23(10-61)88-53(37(75)30(44)68)96-45-24(11-62)91-56(100-49)40(78)33(45)71/h20,22-50,53-65,68-81H,3-18H2,1-2H3,(H,82,83)(H,84,85)/t20-,22-,23?,24?,25?,26?,27?,28?,29?,30-,31-,32-,33-,34-,35-,36-,37?,38?,39-,40?,41?,42?,43-,44+,45+,46+,47+,48+,49+,50+,53+,54?,55+,56+,57-,58+,59?/m1/s1. The van der Waals surface area contributed by atoms with Crippen molar-refractivity contribution in [2.45, 2.75) is 247 Å². The van der Waals surface area contributed by atoms with Crippen LogP contribution in [0.1, 0.15) is 26.2 Å². The first-order valence-electron chi connectivity index (χ1n) is 33.2. The summed E-state index contributed by atoms with van der Waals surface area (Å²) in [5, 5.41) is 239. The molecule has 21 aliphatic heterocycles. The molecular weight excluding hydrogens is 1440 g/mol. The van der Waals surface area contributed by atoms with Crippen LogP contribution in [0.5, 0.6) is 0 Å². The number of aliphatic hydroxyl groups excluding tert-OH is 19. The fourth-order valence-electron chi connectivity index (χ4n) is 12.6. The number of carbonyl (C=O) groups is 4. The van der Waals surface area contributed by atoms with Gasteiger partial charge < -0.3 is 188 Å². The van der Waals surface area contributed by atoms with Crippen LogP contribution in [0.2, 0.25) is 0 Å². The van der Waals surface area contributed by atoms with Crippen molar-refractivity contribution in [2.24, 2.45) is 5.92 Å². The number of ether oxygens (including phenoxy) is 16. The highest BCUT2D eigenvalue weighted by molar-refractivity contribution is 7.99. The minimum Gasteiger partial charge on any atom is -0.481 e. The van der Waals surface area contributed by atoms with E-state index in [4.69, 9.17) is 75.8 Å². The SMILES string of the molecule is CN[C@H](CSCC1OC2O[C@H]3C(CO)OC(O[C@H]4C(CO)O[C@@H](O[C@H]5C(CO)O[C@@H](O[C@H]6C(CSC[C@@H](CC(=O)CCOCCOCCC(C)=O)C(=O)O)O[C@@H](O[C@H]7C(CO)O[C@@H](O[C@H]8C(CO)O[C@H](O[C@@H]1[C@H](O)[C@H]2O)C(O)[C@H]8O)C(O)[C@H]7O)C(O)[C@H]6O)C(O)[C@H]5O)C(O)[C@H]4O)[C@H](O)[C@H]3O)C(=O)O. The number of thioether (sulfide) groups is 2. The van der Waals surface area contributed by atoms with Gasteiger partial charge in [-0.1, -0.05) is 0 Å². The maximum Gasteiger partial charge on any atom is 0.321 e. The Morgan fingerprint density at radius 1 is 0.350 bits per heavy atom. The van der Waals surface area contributed by atoms with Crippen molar-refractivity contribution in [1.29, 1.82) is 0 Å². The van der Waals surface area contributed by atoms with Crippen molar-refractivity contribution in [3.05, 3.63) is 0 Å². The fraction of sp³-hybridized carbons (Fsp3) is 0.932. The molecule has 596 valence electrons. The summed E-state index contributed by atoms with van der Waals surface area (Å²) < 4.78 is 93.3. The highest BCUT2D eigenvalue weighted by Gasteiger charge is 2.60. The van der Waals surface area contributed by atoms with Crippen LogP contribution in [0.4, 0.5) is 0 Å². The minimum absolute atomic E-state index is 0.0645. The molecule has 42 nitrogen and oxygen atoms in total. The number of hydrogen-bond donors (Lipinski definition) is 22. The van der Waals surface area contributed by atoms with E-state index in [1.54, 1.807) is 0 Å². The van der Waals surface area contributed by atoms with Crippen LogP contribution in [-0.2, 0) is 95.0 Å². The average molecular weight is 1540 g/mol. The van der Waals surface area contributed by atoms with E-state index >= 15 is 0 Å². The number of ketones is 2. The number of likely N-dealkylation sites (N-methyl/N-ethyl adjacent to an activating group) is 1. The summed E-state index contributed by atoms with van der Waals surface area (Å²) in [5.41, 5.74) is 0. The van der Waals surface area contributed by atoms with Gasteiger partial charge in [0.1, 0.15) is 176 Å². The van der Waals surface area contributed by atoms with Crippen LogP contribution in [0.15, 0.2) is 0 Å². The normalized spacial score (nSPS) is 44.9. The second-order valence-electron chi connectivity index (χ2n) is 25.7. The third-order valence-corrected chi connectivity index (χ3v) is 20.9. The van der Waals surface area contributed by atoms with E-state index in [1.165, 1.54) is 14.0 Å². The molecule has 21 fully saturated rings. The van der Waals surface area contributed by atoms with Crippen molar-refractivity contribution in [2.75, 3.05) is 89.5 Å². The predicted molar refractivity (Wildman–Crippen MR) is 332 cm³/mol. The highest BCUT2D eigenvalue weighted by Crippen LogP contribution is 2.40. The summed E-state index contributed by atoms with van der Waals surface area (Å²) in [6.07, 6.45) is -73.1. The van der Waals surface area contributed by atoms with E-state index in [2.05, 4.69) is 5.32 Å². The zero-order chi connectivity index (χ0) is 75.4. The number of hydrogen-bond acceptors (Lipinski definition) is 42. The molecule has 0 spiro atoms. The quantitative estimate of drug-likeness (QED) is 0.0340. The van der Waals surface area contributed by atoms with Crippen LogP contribution in [-0.4, -0.2) is 441 Å². The van der Waals surface area contributed by atoms with Gasteiger partial charge in [0.2, 0.25) is 0 Å². The van der Waals surface area contributed by atoms with E-state index in [0.717, 1.165) is 23.5 Å². The summed E-state index contributed by atoms with van der Waals surface area (Å²) in [4.78, 5) is 48.7. The Balaban J connectivity index is 1.08. The first-order chi connectivity index (χ1) is 49.0. The molecule has 14 unspecified atom stereocenters. The third kappa shape index (κ3) is 21.0. The summed E-state index contributed by atoms with van der Waals surface area (Å²) in [6, 6.07) is -1.18. The molecule has 103 heavy (non-hydrogen) atoms. The molecular formula is C59H97NO41S2. The Kier molecular flexibility index (Phi) is 33.4. The van der Waals surface area contributed by atoms with Crippen LogP contribution >= 0.6 is 23.5 Å².